The van der Waals surface area contributed by atoms with Crippen LogP contribution in [0, 0.1) is 0 Å². The van der Waals surface area contributed by atoms with Gasteiger partial charge in [-0.1, -0.05) is 48.5 Å². The molecule has 0 saturated heterocycles. The Morgan fingerprint density at radius 2 is 0.955 bits per heavy atom. The molecule has 9 rings (SSSR count). The quantitative estimate of drug-likeness (QED) is 0.201. The van der Waals surface area contributed by atoms with Crippen molar-refractivity contribution in [3.63, 3.8) is 0 Å². The van der Waals surface area contributed by atoms with E-state index >= 15 is 0 Å². The van der Waals surface area contributed by atoms with Crippen molar-refractivity contribution in [1.82, 2.24) is 9.97 Å². The fraction of sp³-hybridized carbons (Fsp3) is 0. The molecule has 6 aromatic carbocycles. The molecule has 0 N–H and O–H groups in total. The average Bonchev–Trinajstić information content (AvgIpc) is 3.80. The van der Waals surface area contributed by atoms with Gasteiger partial charge in [0.2, 0.25) is 11.8 Å². The van der Waals surface area contributed by atoms with Crippen molar-refractivity contribution in [1.29, 1.82) is 0 Å². The van der Waals surface area contributed by atoms with Crippen LogP contribution >= 0.6 is 11.3 Å². The van der Waals surface area contributed by atoms with E-state index in [0.29, 0.717) is 11.8 Å². The number of anilines is 3. The lowest BCUT2D eigenvalue weighted by Gasteiger charge is -2.26. The second-order valence-corrected chi connectivity index (χ2v) is 11.8. The van der Waals surface area contributed by atoms with Crippen molar-refractivity contribution in [2.45, 2.75) is 0 Å². The summed E-state index contributed by atoms with van der Waals surface area (Å²) in [7, 11) is 0. The third-order valence-corrected chi connectivity index (χ3v) is 9.09. The van der Waals surface area contributed by atoms with Gasteiger partial charge in [0, 0.05) is 48.4 Å². The van der Waals surface area contributed by atoms with E-state index in [1.165, 1.54) is 20.2 Å². The van der Waals surface area contributed by atoms with Gasteiger partial charge in [0.1, 0.15) is 11.0 Å². The molecule has 0 aliphatic rings. The summed E-state index contributed by atoms with van der Waals surface area (Å²) < 4.78 is 14.6. The molecule has 208 valence electrons. The molecule has 0 radical (unpaired) electrons. The van der Waals surface area contributed by atoms with E-state index in [9.17, 15) is 0 Å². The summed E-state index contributed by atoms with van der Waals surface area (Å²) >= 11 is 1.82. The summed E-state index contributed by atoms with van der Waals surface area (Å²) in [4.78, 5) is 11.7. The molecule has 3 heterocycles. The molecule has 44 heavy (non-hydrogen) atoms. The van der Waals surface area contributed by atoms with Crippen molar-refractivity contribution in [3.8, 4) is 22.9 Å². The summed E-state index contributed by atoms with van der Waals surface area (Å²) in [5, 5.41) is 2.56. The molecule has 0 aliphatic carbocycles. The number of fused-ring (bicyclic) bond motifs is 5. The molecule has 5 nitrogen and oxygen atoms in total. The predicted molar refractivity (Wildman–Crippen MR) is 180 cm³/mol. The van der Waals surface area contributed by atoms with Gasteiger partial charge in [0.05, 0.1) is 0 Å². The van der Waals surface area contributed by atoms with Crippen molar-refractivity contribution in [2.75, 3.05) is 4.90 Å². The fourth-order valence-corrected chi connectivity index (χ4v) is 6.94. The SMILES string of the molecule is c1ccc2oc(-c3ccc(N(c4ccc(-c5nc6ccccc6o5)cc4)c4ccc5c(c4)sc4ccccc45)cc3)nc2c1. The molecule has 0 amide bonds. The van der Waals surface area contributed by atoms with Gasteiger partial charge in [-0.3, -0.25) is 0 Å². The Bertz CT molecular complexity index is 2270. The maximum absolute atomic E-state index is 6.04. The lowest BCUT2D eigenvalue weighted by Crippen LogP contribution is -2.09. The fourth-order valence-electron chi connectivity index (χ4n) is 5.80. The molecular weight excluding hydrogens is 563 g/mol. The summed E-state index contributed by atoms with van der Waals surface area (Å²) in [6, 6.07) is 47.7. The van der Waals surface area contributed by atoms with Crippen molar-refractivity contribution < 1.29 is 8.83 Å². The lowest BCUT2D eigenvalue weighted by atomic mass is 10.1. The number of para-hydroxylation sites is 4. The molecule has 0 saturated carbocycles. The molecule has 0 aliphatic heterocycles. The van der Waals surface area contributed by atoms with Crippen LogP contribution in [0.4, 0.5) is 17.1 Å². The number of thiophene rings is 1. The largest absolute Gasteiger partial charge is 0.436 e. The first-order valence-corrected chi connectivity index (χ1v) is 15.2. The Morgan fingerprint density at radius 3 is 1.55 bits per heavy atom. The molecular formula is C38H23N3O2S. The standard InChI is InChI=1S/C38H23N3O2S/c1-6-12-35-29(7-1)30-22-21-28(23-36(30)44-35)41(26-17-13-24(14-18-26)37-39-31-8-2-4-10-33(31)42-37)27-19-15-25(16-20-27)38-40-32-9-3-5-11-34(32)43-38/h1-23H. The van der Waals surface area contributed by atoms with Crippen LogP contribution in [0.25, 0.3) is 65.3 Å². The maximum atomic E-state index is 6.04. The average molecular weight is 586 g/mol. The molecule has 0 spiro atoms. The topological polar surface area (TPSA) is 55.3 Å². The van der Waals surface area contributed by atoms with Gasteiger partial charge in [-0.25, -0.2) is 9.97 Å². The van der Waals surface area contributed by atoms with Gasteiger partial charge in [-0.2, -0.15) is 0 Å². The number of hydrogen-bond acceptors (Lipinski definition) is 6. The Morgan fingerprint density at radius 1 is 0.455 bits per heavy atom. The van der Waals surface area contributed by atoms with Crippen LogP contribution in [0.2, 0.25) is 0 Å². The van der Waals surface area contributed by atoms with Gasteiger partial charge in [-0.05, 0) is 91.0 Å². The predicted octanol–water partition coefficient (Wildman–Crippen LogP) is 11.1. The van der Waals surface area contributed by atoms with E-state index in [0.717, 1.165) is 50.4 Å². The third kappa shape index (κ3) is 4.15. The van der Waals surface area contributed by atoms with Gasteiger partial charge < -0.3 is 13.7 Å². The Labute approximate surface area is 256 Å². The first kappa shape index (κ1) is 24.8. The minimum Gasteiger partial charge on any atom is -0.436 e. The zero-order valence-corrected chi connectivity index (χ0v) is 24.2. The molecule has 0 bridgehead atoms. The monoisotopic (exact) mass is 585 g/mol. The first-order valence-electron chi connectivity index (χ1n) is 14.4. The number of nitrogens with zero attached hydrogens (tertiary/aromatic N) is 3. The number of aromatic nitrogens is 2. The minimum absolute atomic E-state index is 0.610. The second-order valence-electron chi connectivity index (χ2n) is 10.7. The molecule has 6 heteroatoms. The molecule has 0 unspecified atom stereocenters. The Balaban J connectivity index is 1.14. The highest BCUT2D eigenvalue weighted by Gasteiger charge is 2.17. The molecule has 0 fully saturated rings. The highest BCUT2D eigenvalue weighted by Crippen LogP contribution is 2.41. The molecule has 9 aromatic rings. The van der Waals surface area contributed by atoms with Crippen LogP contribution in [0.5, 0.6) is 0 Å². The smallest absolute Gasteiger partial charge is 0.227 e. The van der Waals surface area contributed by atoms with Crippen LogP contribution in [0.1, 0.15) is 0 Å². The van der Waals surface area contributed by atoms with Crippen LogP contribution < -0.4 is 4.90 Å². The van der Waals surface area contributed by atoms with Gasteiger partial charge >= 0.3 is 0 Å². The zero-order chi connectivity index (χ0) is 29.0. The van der Waals surface area contributed by atoms with Gasteiger partial charge in [-0.15, -0.1) is 11.3 Å². The van der Waals surface area contributed by atoms with Crippen molar-refractivity contribution >= 4 is 70.8 Å². The Hall–Kier alpha value is -5.72. The normalized spacial score (nSPS) is 11.6. The number of benzene rings is 6. The van der Waals surface area contributed by atoms with E-state index in [1.54, 1.807) is 0 Å². The molecule has 3 aromatic heterocycles. The summed E-state index contributed by atoms with van der Waals surface area (Å²) in [5.41, 5.74) is 8.25. The van der Waals surface area contributed by atoms with E-state index in [4.69, 9.17) is 8.83 Å². The number of rotatable bonds is 5. The van der Waals surface area contributed by atoms with Crippen LogP contribution in [0.3, 0.4) is 0 Å². The first-order chi connectivity index (χ1) is 21.8. The lowest BCUT2D eigenvalue weighted by molar-refractivity contribution is 0.619. The van der Waals surface area contributed by atoms with E-state index in [2.05, 4.69) is 106 Å². The van der Waals surface area contributed by atoms with Gasteiger partial charge in [0.15, 0.2) is 11.2 Å². The van der Waals surface area contributed by atoms with Crippen LogP contribution in [-0.2, 0) is 0 Å². The van der Waals surface area contributed by atoms with Crippen LogP contribution in [-0.4, -0.2) is 9.97 Å². The summed E-state index contributed by atoms with van der Waals surface area (Å²) in [5.74, 6) is 1.22. The number of hydrogen-bond donors (Lipinski definition) is 0. The highest BCUT2D eigenvalue weighted by molar-refractivity contribution is 7.25. The summed E-state index contributed by atoms with van der Waals surface area (Å²) in [6.07, 6.45) is 0. The second kappa shape index (κ2) is 9.93. The third-order valence-electron chi connectivity index (χ3n) is 7.95. The Kier molecular flexibility index (Phi) is 5.61. The minimum atomic E-state index is 0.610. The maximum Gasteiger partial charge on any atom is 0.227 e. The van der Waals surface area contributed by atoms with E-state index < -0.39 is 0 Å². The van der Waals surface area contributed by atoms with E-state index in [1.807, 2.05) is 59.9 Å². The van der Waals surface area contributed by atoms with Crippen LogP contribution in [0.15, 0.2) is 148 Å². The highest BCUT2D eigenvalue weighted by atomic mass is 32.1. The summed E-state index contributed by atoms with van der Waals surface area (Å²) in [6.45, 7) is 0. The van der Waals surface area contributed by atoms with Crippen molar-refractivity contribution in [2.24, 2.45) is 0 Å². The van der Waals surface area contributed by atoms with Gasteiger partial charge in [0.25, 0.3) is 0 Å². The van der Waals surface area contributed by atoms with Crippen molar-refractivity contribution in [3.05, 3.63) is 140 Å². The van der Waals surface area contributed by atoms with E-state index in [-0.39, 0.29) is 0 Å². The zero-order valence-electron chi connectivity index (χ0n) is 23.3. The number of oxazole rings is 2. The molecule has 0 atom stereocenters.